The highest BCUT2D eigenvalue weighted by atomic mass is 79.9. The van der Waals surface area contributed by atoms with E-state index >= 15 is 0 Å². The van der Waals surface area contributed by atoms with E-state index in [2.05, 4.69) is 26.6 Å². The molecular weight excluding hydrogens is 666 g/mol. The molecule has 0 unspecified atom stereocenters. The monoisotopic (exact) mass is 703 g/mol. The van der Waals surface area contributed by atoms with Crippen molar-refractivity contribution in [2.24, 2.45) is 0 Å². The number of halogens is 1. The van der Waals surface area contributed by atoms with Crippen LogP contribution in [0.25, 0.3) is 10.4 Å². The van der Waals surface area contributed by atoms with Crippen LogP contribution in [0.3, 0.4) is 0 Å². The molecule has 2 heterocycles. The normalized spacial score (nSPS) is 16.8. The van der Waals surface area contributed by atoms with Gasteiger partial charge in [-0.2, -0.15) is 0 Å². The minimum absolute atomic E-state index is 0.00806. The number of rotatable bonds is 11. The van der Waals surface area contributed by atoms with Gasteiger partial charge < -0.3 is 20.1 Å². The first kappa shape index (κ1) is 32.5. The third-order valence-electron chi connectivity index (χ3n) is 8.03. The van der Waals surface area contributed by atoms with Crippen molar-refractivity contribution >= 4 is 54.9 Å². The van der Waals surface area contributed by atoms with Crippen LogP contribution in [0, 0.1) is 0 Å². The number of nitrogens with zero attached hydrogens (tertiary/aromatic N) is 1. The van der Waals surface area contributed by atoms with E-state index in [-0.39, 0.29) is 41.0 Å². The quantitative estimate of drug-likeness (QED) is 0.229. The second-order valence-corrected chi connectivity index (χ2v) is 15.0. The minimum atomic E-state index is -3.38. The van der Waals surface area contributed by atoms with Gasteiger partial charge in [-0.15, -0.1) is 11.3 Å². The summed E-state index contributed by atoms with van der Waals surface area (Å²) in [4.78, 5) is 26.3. The Morgan fingerprint density at radius 2 is 1.70 bits per heavy atom. The molecule has 3 aromatic rings. The average Bonchev–Trinajstić information content (AvgIpc) is 3.36. The highest BCUT2D eigenvalue weighted by molar-refractivity contribution is 9.10. The van der Waals surface area contributed by atoms with E-state index < -0.39 is 16.0 Å². The van der Waals surface area contributed by atoms with Crippen LogP contribution in [0.2, 0.25) is 0 Å². The molecule has 2 fully saturated rings. The summed E-state index contributed by atoms with van der Waals surface area (Å²) in [6.45, 7) is 0.720. The molecule has 2 aromatic carbocycles. The molecule has 44 heavy (non-hydrogen) atoms. The summed E-state index contributed by atoms with van der Waals surface area (Å²) in [7, 11) is -2.06. The van der Waals surface area contributed by atoms with Crippen LogP contribution < -0.4 is 15.4 Å². The summed E-state index contributed by atoms with van der Waals surface area (Å²) in [5.41, 5.74) is 2.54. The third kappa shape index (κ3) is 8.21. The Labute approximate surface area is 271 Å². The number of esters is 1. The number of anilines is 1. The van der Waals surface area contributed by atoms with E-state index in [0.717, 1.165) is 47.4 Å². The number of carbonyl (C=O) groups is 2. The van der Waals surface area contributed by atoms with E-state index in [1.807, 2.05) is 54.6 Å². The topological polar surface area (TPSA) is 114 Å². The van der Waals surface area contributed by atoms with Gasteiger partial charge in [-0.1, -0.05) is 61.7 Å². The maximum atomic E-state index is 13.0. The number of piperidine rings is 1. The van der Waals surface area contributed by atoms with Crippen molar-refractivity contribution in [3.05, 3.63) is 69.5 Å². The maximum absolute atomic E-state index is 13.0. The average molecular weight is 705 g/mol. The molecule has 0 radical (unpaired) electrons. The Balaban J connectivity index is 1.23. The number of thiophene rings is 1. The molecule has 0 spiro atoms. The number of amides is 1. The van der Waals surface area contributed by atoms with Crippen LogP contribution in [-0.2, 0) is 25.3 Å². The van der Waals surface area contributed by atoms with Gasteiger partial charge in [0.2, 0.25) is 10.0 Å². The lowest BCUT2D eigenvalue weighted by atomic mass is 9.95. The Morgan fingerprint density at radius 3 is 2.41 bits per heavy atom. The molecule has 1 saturated carbocycles. The van der Waals surface area contributed by atoms with E-state index in [1.54, 1.807) is 4.31 Å². The summed E-state index contributed by atoms with van der Waals surface area (Å²) in [5.74, 6) is -0.447. The summed E-state index contributed by atoms with van der Waals surface area (Å²) in [5, 5.41) is 6.60. The van der Waals surface area contributed by atoms with Gasteiger partial charge >= 0.3 is 5.97 Å². The van der Waals surface area contributed by atoms with Gasteiger partial charge in [0, 0.05) is 30.9 Å². The molecule has 236 valence electrons. The van der Waals surface area contributed by atoms with Crippen molar-refractivity contribution in [2.45, 2.75) is 62.8 Å². The zero-order chi connectivity index (χ0) is 31.1. The Kier molecular flexibility index (Phi) is 11.0. The van der Waals surface area contributed by atoms with Gasteiger partial charge in [0.15, 0.2) is 17.2 Å². The summed E-state index contributed by atoms with van der Waals surface area (Å²) < 4.78 is 39.0. The van der Waals surface area contributed by atoms with Crippen LogP contribution >= 0.6 is 27.3 Å². The van der Waals surface area contributed by atoms with Gasteiger partial charge in [-0.3, -0.25) is 4.79 Å². The van der Waals surface area contributed by atoms with Gasteiger partial charge in [0.1, 0.15) is 0 Å². The summed E-state index contributed by atoms with van der Waals surface area (Å²) in [6.07, 6.45) is 6.75. The van der Waals surface area contributed by atoms with Crippen molar-refractivity contribution in [1.82, 2.24) is 9.62 Å². The van der Waals surface area contributed by atoms with Crippen LogP contribution in [0.15, 0.2) is 59.1 Å². The zero-order valence-electron chi connectivity index (χ0n) is 24.7. The smallest absolute Gasteiger partial charge is 0.351 e. The van der Waals surface area contributed by atoms with Crippen LogP contribution in [0.4, 0.5) is 5.69 Å². The predicted molar refractivity (Wildman–Crippen MR) is 177 cm³/mol. The summed E-state index contributed by atoms with van der Waals surface area (Å²) in [6, 6.07) is 17.4. The molecule has 5 rings (SSSR count). The molecule has 9 nitrogen and oxygen atoms in total. The summed E-state index contributed by atoms with van der Waals surface area (Å²) >= 11 is 4.86. The number of benzene rings is 2. The second-order valence-electron chi connectivity index (χ2n) is 11.2. The molecule has 0 bridgehead atoms. The molecule has 2 N–H and O–H groups in total. The zero-order valence-corrected chi connectivity index (χ0v) is 27.9. The Morgan fingerprint density at radius 1 is 0.977 bits per heavy atom. The third-order valence-corrected chi connectivity index (χ3v) is 12.1. The Hall–Kier alpha value is -2.93. The molecule has 2 aliphatic rings. The first-order chi connectivity index (χ1) is 21.2. The number of nitrogens with one attached hydrogen (secondary N) is 2. The lowest BCUT2D eigenvalue weighted by Crippen LogP contribution is -2.42. The molecular formula is C32H38BrN3O6S2. The molecule has 1 aliphatic carbocycles. The van der Waals surface area contributed by atoms with Gasteiger partial charge in [-0.25, -0.2) is 17.5 Å². The van der Waals surface area contributed by atoms with Gasteiger partial charge in [-0.05, 0) is 64.9 Å². The fourth-order valence-corrected chi connectivity index (χ4v) is 9.26. The van der Waals surface area contributed by atoms with Gasteiger partial charge in [0.05, 0.1) is 22.2 Å². The largest absolute Gasteiger partial charge is 0.481 e. The van der Waals surface area contributed by atoms with Crippen molar-refractivity contribution in [1.29, 1.82) is 0 Å². The number of carbonyl (C=O) groups excluding carboxylic acids is 2. The highest BCUT2D eigenvalue weighted by Gasteiger charge is 2.29. The number of methoxy groups -OCH3 is 1. The number of hydrogen-bond donors (Lipinski definition) is 2. The van der Waals surface area contributed by atoms with E-state index in [4.69, 9.17) is 9.47 Å². The van der Waals surface area contributed by atoms with Crippen LogP contribution in [-0.4, -0.2) is 63.5 Å². The van der Waals surface area contributed by atoms with E-state index in [1.165, 1.54) is 24.9 Å². The van der Waals surface area contributed by atoms with Crippen LogP contribution in [0.1, 0.15) is 60.2 Å². The van der Waals surface area contributed by atoms with Gasteiger partial charge in [0.25, 0.3) is 5.91 Å². The first-order valence-electron chi connectivity index (χ1n) is 14.9. The second kappa shape index (κ2) is 14.9. The molecule has 0 atom stereocenters. The molecule has 12 heteroatoms. The van der Waals surface area contributed by atoms with Crippen LogP contribution in [0.5, 0.6) is 5.75 Å². The molecule has 1 saturated heterocycles. The first-order valence-corrected chi connectivity index (χ1v) is 18.2. The Bertz CT molecular complexity index is 1550. The predicted octanol–water partition coefficient (Wildman–Crippen LogP) is 6.20. The lowest BCUT2D eigenvalue weighted by Gasteiger charge is -2.32. The highest BCUT2D eigenvalue weighted by Crippen LogP contribution is 2.46. The number of hydrogen-bond acceptors (Lipinski definition) is 8. The van der Waals surface area contributed by atoms with E-state index in [0.29, 0.717) is 30.4 Å². The lowest BCUT2D eigenvalue weighted by molar-refractivity contribution is -0.124. The molecule has 1 aliphatic heterocycles. The molecule has 1 aromatic heterocycles. The number of ether oxygens (including phenoxy) is 2. The fourth-order valence-electron chi connectivity index (χ4n) is 5.73. The molecule has 1 amide bonds. The fraction of sp³-hybridized carbons (Fsp3) is 0.438. The van der Waals surface area contributed by atoms with Crippen molar-refractivity contribution in [3.63, 3.8) is 0 Å². The number of sulfonamides is 1. The SMILES string of the molecule is COC(=O)c1sc(-c2cccc(NC3CCN(S(=O)(=O)Cc4ccccc4)CC3)c2)c(Br)c1OCC(=O)NC1CCCCC1. The van der Waals surface area contributed by atoms with Crippen molar-refractivity contribution < 1.29 is 27.5 Å². The standard InChI is InChI=1S/C32H38BrN3O6S2/c1-41-32(38)31-29(42-20-27(37)35-24-12-6-3-7-13-24)28(33)30(43-31)23-11-8-14-26(19-23)34-25-15-17-36(18-16-25)44(39,40)21-22-9-4-2-5-10-22/h2,4-5,8-11,14,19,24-25,34H,3,6-7,12-13,15-18,20-21H2,1H3,(H,35,37). The van der Waals surface area contributed by atoms with Crippen molar-refractivity contribution in [3.8, 4) is 16.2 Å². The maximum Gasteiger partial charge on any atom is 0.351 e. The van der Waals surface area contributed by atoms with Crippen molar-refractivity contribution in [2.75, 3.05) is 32.1 Å². The van der Waals surface area contributed by atoms with E-state index in [9.17, 15) is 18.0 Å². The minimum Gasteiger partial charge on any atom is -0.481 e.